The van der Waals surface area contributed by atoms with Crippen molar-refractivity contribution >= 4 is 51.5 Å². The third kappa shape index (κ3) is 2.19. The van der Waals surface area contributed by atoms with E-state index in [1.165, 1.54) is 6.20 Å². The van der Waals surface area contributed by atoms with Crippen molar-refractivity contribution in [2.75, 3.05) is 0 Å². The summed E-state index contributed by atoms with van der Waals surface area (Å²) >= 11 is 4.36. The van der Waals surface area contributed by atoms with Crippen molar-refractivity contribution in [1.82, 2.24) is 14.5 Å². The lowest BCUT2D eigenvalue weighted by atomic mass is 10.3. The summed E-state index contributed by atoms with van der Waals surface area (Å²) in [6.45, 7) is 0. The number of carbonyl (C=O) groups is 1. The Bertz CT molecular complexity index is 510. The first-order valence-electron chi connectivity index (χ1n) is 4.01. The summed E-state index contributed by atoms with van der Waals surface area (Å²) in [4.78, 5) is 18.8. The number of carbonyl (C=O) groups excluding carboxylic acids is 1. The highest BCUT2D eigenvalue weighted by Gasteiger charge is 2.07. The fourth-order valence-corrected chi connectivity index (χ4v) is 2.06. The van der Waals surface area contributed by atoms with E-state index in [1.807, 2.05) is 4.57 Å². The monoisotopic (exact) mass is 425 g/mol. The Morgan fingerprint density at radius 1 is 1.33 bits per heavy atom. The zero-order valence-electron chi connectivity index (χ0n) is 7.39. The zero-order valence-corrected chi connectivity index (χ0v) is 11.7. The average molecular weight is 425 g/mol. The molecule has 0 atom stereocenters. The molecule has 2 rings (SSSR count). The maximum Gasteiger partial charge on any atom is 0.151 e. The summed E-state index contributed by atoms with van der Waals surface area (Å²) < 4.78 is 3.84. The molecule has 6 heteroatoms. The lowest BCUT2D eigenvalue weighted by molar-refractivity contribution is 0.112. The van der Waals surface area contributed by atoms with Gasteiger partial charge in [0.05, 0.1) is 11.9 Å². The predicted octanol–water partition coefficient (Wildman–Crippen LogP) is 2.29. The van der Waals surface area contributed by atoms with Crippen LogP contribution in [-0.4, -0.2) is 20.8 Å². The molecule has 0 spiro atoms. The second-order valence-corrected chi connectivity index (χ2v) is 4.83. The van der Waals surface area contributed by atoms with E-state index < -0.39 is 0 Å². The molecule has 0 saturated carbocycles. The highest BCUT2D eigenvalue weighted by Crippen LogP contribution is 2.18. The number of hydrogen-bond donors (Lipinski definition) is 0. The van der Waals surface area contributed by atoms with Crippen LogP contribution in [0.5, 0.6) is 0 Å². The topological polar surface area (TPSA) is 47.8 Å². The molecule has 4 nitrogen and oxygen atoms in total. The summed E-state index contributed by atoms with van der Waals surface area (Å²) in [6.07, 6.45) is 5.73. The van der Waals surface area contributed by atoms with Crippen LogP contribution in [0.3, 0.4) is 0 Å². The minimum absolute atomic E-state index is 0.562. The van der Waals surface area contributed by atoms with E-state index in [-0.39, 0.29) is 0 Å². The van der Waals surface area contributed by atoms with Gasteiger partial charge >= 0.3 is 0 Å². The normalized spacial score (nSPS) is 10.3. The fraction of sp³-hybridized carbons (Fsp3) is 0. The van der Waals surface area contributed by atoms with Crippen molar-refractivity contribution in [2.45, 2.75) is 0 Å². The first-order chi connectivity index (χ1) is 7.22. The van der Waals surface area contributed by atoms with Gasteiger partial charge in [-0.25, -0.2) is 4.98 Å². The molecular weight excluding hydrogens is 420 g/mol. The molecule has 2 aromatic rings. The molecule has 0 unspecified atom stereocenters. The molecule has 0 bridgehead atoms. The second kappa shape index (κ2) is 4.56. The quantitative estimate of drug-likeness (QED) is 0.549. The maximum absolute atomic E-state index is 10.6. The fourth-order valence-electron chi connectivity index (χ4n) is 1.13. The van der Waals surface area contributed by atoms with Crippen LogP contribution in [0.15, 0.2) is 24.8 Å². The highest BCUT2D eigenvalue weighted by atomic mass is 127. The van der Waals surface area contributed by atoms with Crippen LogP contribution >= 0.6 is 45.2 Å². The first-order valence-corrected chi connectivity index (χ1v) is 6.17. The summed E-state index contributed by atoms with van der Waals surface area (Å²) in [5.41, 5.74) is 1.41. The van der Waals surface area contributed by atoms with Crippen LogP contribution in [0.2, 0.25) is 0 Å². The van der Waals surface area contributed by atoms with Gasteiger partial charge in [-0.2, -0.15) is 0 Å². The van der Waals surface area contributed by atoms with Gasteiger partial charge in [0.2, 0.25) is 0 Å². The Labute approximate surface area is 113 Å². The molecule has 0 aliphatic heterocycles. The molecule has 0 aromatic carbocycles. The lowest BCUT2D eigenvalue weighted by Gasteiger charge is -2.03. The van der Waals surface area contributed by atoms with Crippen LogP contribution in [0.25, 0.3) is 5.69 Å². The number of pyridine rings is 1. The molecule has 2 heterocycles. The van der Waals surface area contributed by atoms with Gasteiger partial charge in [-0.15, -0.1) is 0 Å². The first kappa shape index (κ1) is 11.0. The van der Waals surface area contributed by atoms with Gasteiger partial charge in [-0.1, -0.05) is 0 Å². The van der Waals surface area contributed by atoms with Gasteiger partial charge in [0.1, 0.15) is 13.7 Å². The van der Waals surface area contributed by atoms with Crippen molar-refractivity contribution in [3.8, 4) is 5.69 Å². The number of aldehydes is 1. The molecule has 0 radical (unpaired) electrons. The molecule has 0 aliphatic carbocycles. The van der Waals surface area contributed by atoms with E-state index >= 15 is 0 Å². The Balaban J connectivity index is 2.53. The third-order valence-corrected chi connectivity index (χ3v) is 4.68. The molecule has 0 saturated heterocycles. The largest absolute Gasteiger partial charge is 0.298 e. The molecule has 2 aromatic heterocycles. The summed E-state index contributed by atoms with van der Waals surface area (Å²) in [5.74, 6) is 0. The van der Waals surface area contributed by atoms with E-state index in [1.54, 1.807) is 18.6 Å². The van der Waals surface area contributed by atoms with Gasteiger partial charge in [-0.05, 0) is 51.2 Å². The van der Waals surface area contributed by atoms with Crippen LogP contribution in [-0.2, 0) is 0 Å². The standard InChI is InChI=1S/C9H5I2N3O/c10-8-9(11)14(5-13-8)7-1-6(4-15)2-12-3-7/h1-5H. The lowest BCUT2D eigenvalue weighted by Crippen LogP contribution is -1.97. The Morgan fingerprint density at radius 3 is 2.73 bits per heavy atom. The minimum atomic E-state index is 0.562. The molecule has 15 heavy (non-hydrogen) atoms. The highest BCUT2D eigenvalue weighted by molar-refractivity contribution is 14.1. The van der Waals surface area contributed by atoms with Crippen molar-refractivity contribution < 1.29 is 4.79 Å². The predicted molar refractivity (Wildman–Crippen MR) is 72.2 cm³/mol. The van der Waals surface area contributed by atoms with E-state index in [9.17, 15) is 4.79 Å². The van der Waals surface area contributed by atoms with Crippen LogP contribution < -0.4 is 0 Å². The number of rotatable bonds is 2. The molecule has 76 valence electrons. The van der Waals surface area contributed by atoms with Crippen molar-refractivity contribution in [2.24, 2.45) is 0 Å². The number of halogens is 2. The number of nitrogens with zero attached hydrogens (tertiary/aromatic N) is 3. The van der Waals surface area contributed by atoms with Crippen LogP contribution in [0.1, 0.15) is 10.4 Å². The number of hydrogen-bond acceptors (Lipinski definition) is 3. The average Bonchev–Trinajstić information content (AvgIpc) is 2.60. The smallest absolute Gasteiger partial charge is 0.151 e. The molecule has 0 aliphatic rings. The second-order valence-electron chi connectivity index (χ2n) is 2.79. The van der Waals surface area contributed by atoms with E-state index in [2.05, 4.69) is 55.1 Å². The van der Waals surface area contributed by atoms with Crippen molar-refractivity contribution in [3.63, 3.8) is 0 Å². The Hall–Kier alpha value is -0.510. The van der Waals surface area contributed by atoms with Gasteiger partial charge in [0.25, 0.3) is 0 Å². The Morgan fingerprint density at radius 2 is 2.13 bits per heavy atom. The number of aromatic nitrogens is 3. The maximum atomic E-state index is 10.6. The molecular formula is C9H5I2N3O. The van der Waals surface area contributed by atoms with E-state index in [0.29, 0.717) is 5.56 Å². The number of imidazole rings is 1. The summed E-state index contributed by atoms with van der Waals surface area (Å²) in [7, 11) is 0. The third-order valence-electron chi connectivity index (χ3n) is 1.83. The molecule has 0 amide bonds. The zero-order chi connectivity index (χ0) is 10.8. The Kier molecular flexibility index (Phi) is 3.34. The van der Waals surface area contributed by atoms with E-state index in [4.69, 9.17) is 0 Å². The van der Waals surface area contributed by atoms with E-state index in [0.717, 1.165) is 19.4 Å². The minimum Gasteiger partial charge on any atom is -0.298 e. The summed E-state index contributed by atoms with van der Waals surface area (Å²) in [6, 6.07) is 1.78. The SMILES string of the molecule is O=Cc1cncc(-n2cnc(I)c2I)c1. The summed E-state index contributed by atoms with van der Waals surface area (Å²) in [5, 5.41) is 0. The van der Waals surface area contributed by atoms with Crippen molar-refractivity contribution in [3.05, 3.63) is 37.8 Å². The van der Waals surface area contributed by atoms with Gasteiger partial charge in [0.15, 0.2) is 6.29 Å². The molecule has 0 fully saturated rings. The van der Waals surface area contributed by atoms with Gasteiger partial charge in [-0.3, -0.25) is 14.3 Å². The van der Waals surface area contributed by atoms with Crippen LogP contribution in [0, 0.1) is 7.40 Å². The van der Waals surface area contributed by atoms with Gasteiger partial charge < -0.3 is 0 Å². The van der Waals surface area contributed by atoms with Crippen molar-refractivity contribution in [1.29, 1.82) is 0 Å². The van der Waals surface area contributed by atoms with Gasteiger partial charge in [0, 0.05) is 11.8 Å². The molecule has 0 N–H and O–H groups in total. The van der Waals surface area contributed by atoms with Crippen LogP contribution in [0.4, 0.5) is 0 Å².